The standard InChI is InChI=1S/C24H27N5/c1-15-13-19-22(24(5,6)12-11-23(19,3)4)25-21(15)16(2)18-9-7-17(8-10-18)14-20-26-28-29-27-20/h7-13H,2,14H2,1,3-6H3,(H,26,27,28,29). The number of allylic oxidation sites excluding steroid dienone is 2. The third kappa shape index (κ3) is 3.53. The first-order valence-electron chi connectivity index (χ1n) is 9.91. The lowest BCUT2D eigenvalue weighted by atomic mass is 9.70. The van der Waals surface area contributed by atoms with Gasteiger partial charge in [0.05, 0.1) is 11.4 Å². The molecule has 0 saturated carbocycles. The molecule has 29 heavy (non-hydrogen) atoms. The molecule has 0 fully saturated rings. The Morgan fingerprint density at radius 1 is 1.03 bits per heavy atom. The number of tetrazole rings is 1. The van der Waals surface area contributed by atoms with Gasteiger partial charge in [-0.25, -0.2) is 0 Å². The summed E-state index contributed by atoms with van der Waals surface area (Å²) < 4.78 is 0. The molecule has 3 aromatic rings. The summed E-state index contributed by atoms with van der Waals surface area (Å²) in [6, 6.07) is 10.6. The minimum absolute atomic E-state index is 0.0146. The molecular formula is C24H27N5. The van der Waals surface area contributed by atoms with Gasteiger partial charge in [0.15, 0.2) is 5.82 Å². The van der Waals surface area contributed by atoms with Gasteiger partial charge in [0.1, 0.15) is 0 Å². The molecule has 5 nitrogen and oxygen atoms in total. The summed E-state index contributed by atoms with van der Waals surface area (Å²) in [5.41, 5.74) is 7.60. The van der Waals surface area contributed by atoms with Gasteiger partial charge in [-0.3, -0.25) is 4.98 Å². The zero-order valence-corrected chi connectivity index (χ0v) is 17.7. The lowest BCUT2D eigenvalue weighted by Crippen LogP contribution is -2.31. The Kier molecular flexibility index (Phi) is 4.49. The highest BCUT2D eigenvalue weighted by Crippen LogP contribution is 2.41. The number of aryl methyl sites for hydroxylation is 1. The zero-order chi connectivity index (χ0) is 20.8. The fraction of sp³-hybridized carbons (Fsp3) is 0.333. The summed E-state index contributed by atoms with van der Waals surface area (Å²) in [7, 11) is 0. The molecule has 0 aliphatic heterocycles. The van der Waals surface area contributed by atoms with E-state index in [9.17, 15) is 0 Å². The molecule has 1 aliphatic carbocycles. The molecule has 0 saturated heterocycles. The van der Waals surface area contributed by atoms with Crippen LogP contribution in [-0.4, -0.2) is 25.6 Å². The van der Waals surface area contributed by atoms with Crippen LogP contribution in [0.25, 0.3) is 5.57 Å². The van der Waals surface area contributed by atoms with Crippen molar-refractivity contribution in [2.45, 2.75) is 51.9 Å². The van der Waals surface area contributed by atoms with Crippen molar-refractivity contribution in [2.75, 3.05) is 0 Å². The lowest BCUT2D eigenvalue weighted by Gasteiger charge is -2.36. The van der Waals surface area contributed by atoms with E-state index in [2.05, 4.69) is 104 Å². The summed E-state index contributed by atoms with van der Waals surface area (Å²) in [5.74, 6) is 0.682. The van der Waals surface area contributed by atoms with E-state index in [4.69, 9.17) is 4.98 Å². The van der Waals surface area contributed by atoms with E-state index in [0.29, 0.717) is 12.2 Å². The SMILES string of the molecule is C=C(c1ccc(Cc2nn[nH]n2)cc1)c1nc2c(cc1C)C(C)(C)C=CC2(C)C. The van der Waals surface area contributed by atoms with Crippen LogP contribution in [0.4, 0.5) is 0 Å². The molecule has 2 aromatic heterocycles. The molecule has 0 spiro atoms. The summed E-state index contributed by atoms with van der Waals surface area (Å²) >= 11 is 0. The quantitative estimate of drug-likeness (QED) is 0.662. The van der Waals surface area contributed by atoms with E-state index in [0.717, 1.165) is 33.7 Å². The second-order valence-electron chi connectivity index (χ2n) is 9.01. The third-order valence-electron chi connectivity index (χ3n) is 5.77. The predicted molar refractivity (Wildman–Crippen MR) is 116 cm³/mol. The molecule has 0 unspecified atom stereocenters. The third-order valence-corrected chi connectivity index (χ3v) is 5.77. The lowest BCUT2D eigenvalue weighted by molar-refractivity contribution is 0.544. The maximum Gasteiger partial charge on any atom is 0.178 e. The van der Waals surface area contributed by atoms with Crippen molar-refractivity contribution < 1.29 is 0 Å². The number of hydrogen-bond donors (Lipinski definition) is 1. The summed E-state index contributed by atoms with van der Waals surface area (Å²) in [6.07, 6.45) is 5.22. The van der Waals surface area contributed by atoms with Gasteiger partial charge >= 0.3 is 0 Å². The van der Waals surface area contributed by atoms with Gasteiger partial charge in [0, 0.05) is 22.8 Å². The van der Waals surface area contributed by atoms with Crippen LogP contribution in [0.15, 0.2) is 49.1 Å². The van der Waals surface area contributed by atoms with Gasteiger partial charge in [0.2, 0.25) is 0 Å². The maximum atomic E-state index is 5.14. The van der Waals surface area contributed by atoms with Crippen LogP contribution < -0.4 is 0 Å². The largest absolute Gasteiger partial charge is 0.251 e. The van der Waals surface area contributed by atoms with Gasteiger partial charge in [-0.2, -0.15) is 5.21 Å². The highest BCUT2D eigenvalue weighted by Gasteiger charge is 2.35. The summed E-state index contributed by atoms with van der Waals surface area (Å²) in [5, 5.41) is 14.1. The van der Waals surface area contributed by atoms with Crippen molar-refractivity contribution in [2.24, 2.45) is 0 Å². The molecule has 1 aliphatic rings. The molecule has 1 aromatic carbocycles. The van der Waals surface area contributed by atoms with E-state index in [1.165, 1.54) is 5.56 Å². The molecular weight excluding hydrogens is 358 g/mol. The molecule has 1 N–H and O–H groups in total. The Bertz CT molecular complexity index is 1090. The Labute approximate surface area is 172 Å². The Morgan fingerprint density at radius 3 is 2.38 bits per heavy atom. The molecule has 148 valence electrons. The minimum atomic E-state index is -0.0952. The van der Waals surface area contributed by atoms with Crippen LogP contribution in [0.2, 0.25) is 0 Å². The highest BCUT2D eigenvalue weighted by atomic mass is 15.5. The van der Waals surface area contributed by atoms with Gasteiger partial charge in [-0.05, 0) is 29.2 Å². The number of aromatic amines is 1. The van der Waals surface area contributed by atoms with Crippen molar-refractivity contribution in [1.82, 2.24) is 25.6 Å². The number of nitrogens with one attached hydrogen (secondary N) is 1. The monoisotopic (exact) mass is 385 g/mol. The Balaban J connectivity index is 1.68. The van der Waals surface area contributed by atoms with E-state index in [-0.39, 0.29) is 10.8 Å². The molecule has 0 bridgehead atoms. The molecule has 2 heterocycles. The van der Waals surface area contributed by atoms with Crippen LogP contribution in [0.1, 0.15) is 67.2 Å². The predicted octanol–water partition coefficient (Wildman–Crippen LogP) is 4.68. The molecule has 0 radical (unpaired) electrons. The van der Waals surface area contributed by atoms with Crippen LogP contribution in [-0.2, 0) is 17.3 Å². The number of pyridine rings is 1. The average molecular weight is 386 g/mol. The highest BCUT2D eigenvalue weighted by molar-refractivity contribution is 5.78. The first-order valence-corrected chi connectivity index (χ1v) is 9.91. The van der Waals surface area contributed by atoms with Gasteiger partial charge < -0.3 is 0 Å². The van der Waals surface area contributed by atoms with Crippen molar-refractivity contribution in [3.63, 3.8) is 0 Å². The molecule has 5 heteroatoms. The smallest absolute Gasteiger partial charge is 0.178 e. The first kappa shape index (κ1) is 19.2. The Hall–Kier alpha value is -3.08. The van der Waals surface area contributed by atoms with Gasteiger partial charge in [0.25, 0.3) is 0 Å². The van der Waals surface area contributed by atoms with Crippen molar-refractivity contribution in [1.29, 1.82) is 0 Å². The summed E-state index contributed by atoms with van der Waals surface area (Å²) in [4.78, 5) is 5.14. The normalized spacial score (nSPS) is 16.4. The van der Waals surface area contributed by atoms with Crippen LogP contribution in [0.5, 0.6) is 0 Å². The fourth-order valence-electron chi connectivity index (χ4n) is 3.89. The number of hydrogen-bond acceptors (Lipinski definition) is 4. The number of rotatable bonds is 4. The number of aromatic nitrogens is 5. The van der Waals surface area contributed by atoms with E-state index < -0.39 is 0 Å². The minimum Gasteiger partial charge on any atom is -0.251 e. The molecule has 0 atom stereocenters. The summed E-state index contributed by atoms with van der Waals surface area (Å²) in [6.45, 7) is 15.4. The van der Waals surface area contributed by atoms with Crippen LogP contribution >= 0.6 is 0 Å². The van der Waals surface area contributed by atoms with E-state index >= 15 is 0 Å². The van der Waals surface area contributed by atoms with E-state index in [1.807, 2.05) is 0 Å². The van der Waals surface area contributed by atoms with Crippen LogP contribution in [0.3, 0.4) is 0 Å². The number of H-pyrrole nitrogens is 1. The van der Waals surface area contributed by atoms with E-state index in [1.54, 1.807) is 0 Å². The number of benzene rings is 1. The number of fused-ring (bicyclic) bond motifs is 1. The topological polar surface area (TPSA) is 67.3 Å². The second-order valence-corrected chi connectivity index (χ2v) is 9.01. The second kappa shape index (κ2) is 6.76. The first-order chi connectivity index (χ1) is 13.7. The average Bonchev–Trinajstić information content (AvgIpc) is 3.18. The van der Waals surface area contributed by atoms with Crippen LogP contribution in [0, 0.1) is 6.92 Å². The van der Waals surface area contributed by atoms with Crippen molar-refractivity contribution in [3.05, 3.63) is 88.5 Å². The van der Waals surface area contributed by atoms with Crippen molar-refractivity contribution >= 4 is 5.57 Å². The zero-order valence-electron chi connectivity index (χ0n) is 17.7. The fourth-order valence-corrected chi connectivity index (χ4v) is 3.89. The molecule has 4 rings (SSSR count). The maximum absolute atomic E-state index is 5.14. The molecule has 0 amide bonds. The van der Waals surface area contributed by atoms with Crippen molar-refractivity contribution in [3.8, 4) is 0 Å². The number of nitrogens with zero attached hydrogens (tertiary/aromatic N) is 4. The Morgan fingerprint density at radius 2 is 1.72 bits per heavy atom. The van der Waals surface area contributed by atoms with Gasteiger partial charge in [-0.15, -0.1) is 10.2 Å². The van der Waals surface area contributed by atoms with Gasteiger partial charge in [-0.1, -0.05) is 82.0 Å².